The topological polar surface area (TPSA) is 104 Å². The summed E-state index contributed by atoms with van der Waals surface area (Å²) < 4.78 is 19.4. The van der Waals surface area contributed by atoms with E-state index in [0.717, 1.165) is 21.9 Å². The molecule has 0 bridgehead atoms. The van der Waals surface area contributed by atoms with E-state index in [1.807, 2.05) is 17.5 Å². The number of anilines is 1. The number of halogens is 3. The smallest absolute Gasteiger partial charge is 0.258 e. The predicted molar refractivity (Wildman–Crippen MR) is 161 cm³/mol. The number of thiophene rings is 1. The molecule has 2 aliphatic heterocycles. The Morgan fingerprint density at radius 2 is 1.75 bits per heavy atom. The lowest BCUT2D eigenvalue weighted by atomic mass is 9.56. The number of phenolic OH excluding ortho intramolecular Hbond substituents is 1. The van der Waals surface area contributed by atoms with Crippen molar-refractivity contribution in [3.05, 3.63) is 87.9 Å². The molecule has 3 fully saturated rings. The Morgan fingerprint density at radius 1 is 1.00 bits per heavy atom. The maximum Gasteiger partial charge on any atom is 0.258 e. The highest BCUT2D eigenvalue weighted by atomic mass is 35.5. The van der Waals surface area contributed by atoms with E-state index >= 15 is 0 Å². The Balaban J connectivity index is 1.41. The molecule has 4 amide bonds. The van der Waals surface area contributed by atoms with Crippen molar-refractivity contribution in [1.29, 1.82) is 0 Å². The summed E-state index contributed by atoms with van der Waals surface area (Å²) in [4.78, 5) is 55.0. The number of likely N-dealkylation sites (tertiary alicyclic amines) is 1. The molecule has 12 heteroatoms. The van der Waals surface area contributed by atoms with Crippen molar-refractivity contribution in [2.45, 2.75) is 35.1 Å². The lowest BCUT2D eigenvalue weighted by Crippen LogP contribution is -2.60. The number of hydrogen-bond acceptors (Lipinski definition) is 7. The second-order valence-corrected chi connectivity index (χ2v) is 13.8. The summed E-state index contributed by atoms with van der Waals surface area (Å²) in [7, 11) is 1.40. The number of ether oxygens (including phenoxy) is 1. The number of carbonyl (C=O) groups excluding carboxylic acids is 4. The first-order chi connectivity index (χ1) is 21.0. The molecular weight excluding hydrogens is 630 g/mol. The van der Waals surface area contributed by atoms with Crippen LogP contribution in [-0.4, -0.2) is 50.5 Å². The highest BCUT2D eigenvalue weighted by Gasteiger charge is 2.77. The molecule has 7 rings (SSSR count). The average molecular weight is 656 g/mol. The van der Waals surface area contributed by atoms with Crippen molar-refractivity contribution < 1.29 is 33.4 Å². The third-order valence-corrected chi connectivity index (χ3v) is 11.7. The monoisotopic (exact) mass is 654 g/mol. The van der Waals surface area contributed by atoms with Gasteiger partial charge < -0.3 is 9.84 Å². The van der Waals surface area contributed by atoms with Crippen LogP contribution in [-0.2, 0) is 25.7 Å². The lowest BCUT2D eigenvalue weighted by Gasteiger charge is -2.50. The number of methoxy groups -OCH3 is 1. The fourth-order valence-corrected chi connectivity index (χ4v) is 9.11. The Hall–Kier alpha value is -3.73. The first-order valence-corrected chi connectivity index (χ1v) is 15.6. The van der Waals surface area contributed by atoms with Gasteiger partial charge in [0.25, 0.3) is 11.8 Å². The molecule has 2 saturated heterocycles. The second-order valence-electron chi connectivity index (χ2n) is 11.5. The van der Waals surface area contributed by atoms with Gasteiger partial charge >= 0.3 is 0 Å². The molecule has 3 aromatic rings. The van der Waals surface area contributed by atoms with Crippen LogP contribution in [0.5, 0.6) is 11.5 Å². The van der Waals surface area contributed by atoms with E-state index in [1.165, 1.54) is 41.5 Å². The standard InChI is InChI=1S/C32H25Cl2FN2O6S/c1-43-23-6-2-5-22(38)25(23)26-19-11-12-20-24(28(40)36(27(20)39)15-18-4-3-13-44-18)21(19)14-31(33)29(41)37(30(42)32(26,31)34)17-9-7-16(35)8-10-17/h2-11,13,20-21,24,26,38H,12,14-15H2,1H3. The molecule has 2 aromatic carbocycles. The lowest BCUT2D eigenvalue weighted by molar-refractivity contribution is -0.141. The van der Waals surface area contributed by atoms with Crippen molar-refractivity contribution >= 4 is 63.9 Å². The molecule has 0 radical (unpaired) electrons. The van der Waals surface area contributed by atoms with Gasteiger partial charge in [0.1, 0.15) is 17.3 Å². The molecule has 0 spiro atoms. The van der Waals surface area contributed by atoms with Gasteiger partial charge in [-0.2, -0.15) is 0 Å². The van der Waals surface area contributed by atoms with Crippen LogP contribution >= 0.6 is 34.5 Å². The van der Waals surface area contributed by atoms with E-state index in [4.69, 9.17) is 27.9 Å². The van der Waals surface area contributed by atoms with E-state index < -0.39 is 51.1 Å². The third kappa shape index (κ3) is 3.80. The minimum absolute atomic E-state index is 0.0721. The van der Waals surface area contributed by atoms with Gasteiger partial charge in [-0.1, -0.05) is 23.8 Å². The molecule has 8 nitrogen and oxygen atoms in total. The van der Waals surface area contributed by atoms with Crippen LogP contribution in [0.25, 0.3) is 0 Å². The van der Waals surface area contributed by atoms with Gasteiger partial charge in [0, 0.05) is 16.4 Å². The number of rotatable bonds is 5. The van der Waals surface area contributed by atoms with Crippen LogP contribution < -0.4 is 9.64 Å². The highest BCUT2D eigenvalue weighted by Crippen LogP contribution is 2.67. The number of allylic oxidation sites excluding steroid dienone is 2. The highest BCUT2D eigenvalue weighted by molar-refractivity contribution is 7.09. The molecular formula is C32H25Cl2FN2O6S. The minimum atomic E-state index is -2.18. The van der Waals surface area contributed by atoms with Crippen LogP contribution in [0.3, 0.4) is 0 Å². The Kier molecular flexibility index (Phi) is 6.69. The largest absolute Gasteiger partial charge is 0.508 e. The summed E-state index contributed by atoms with van der Waals surface area (Å²) >= 11 is 16.1. The van der Waals surface area contributed by atoms with Gasteiger partial charge in [-0.05, 0) is 66.6 Å². The summed E-state index contributed by atoms with van der Waals surface area (Å²) in [5.74, 6) is -6.52. The first kappa shape index (κ1) is 29.0. The Labute approximate surface area is 265 Å². The zero-order chi connectivity index (χ0) is 31.1. The summed E-state index contributed by atoms with van der Waals surface area (Å²) in [5, 5.41) is 13.1. The third-order valence-electron chi connectivity index (χ3n) is 9.43. The fraction of sp³-hybridized carbons (Fsp3) is 0.312. The number of imide groups is 2. The number of alkyl halides is 2. The molecule has 6 atom stereocenters. The predicted octanol–water partition coefficient (Wildman–Crippen LogP) is 5.37. The van der Waals surface area contributed by atoms with Crippen molar-refractivity contribution in [3.8, 4) is 11.5 Å². The van der Waals surface area contributed by atoms with E-state index in [0.29, 0.717) is 5.57 Å². The summed E-state index contributed by atoms with van der Waals surface area (Å²) in [6.07, 6.45) is 1.77. The van der Waals surface area contributed by atoms with Gasteiger partial charge in [0.15, 0.2) is 9.75 Å². The van der Waals surface area contributed by atoms with Gasteiger partial charge in [-0.25, -0.2) is 9.29 Å². The van der Waals surface area contributed by atoms with Crippen molar-refractivity contribution in [1.82, 2.24) is 4.90 Å². The summed E-state index contributed by atoms with van der Waals surface area (Å²) in [5.41, 5.74) is 0.736. The molecule has 44 heavy (non-hydrogen) atoms. The van der Waals surface area contributed by atoms with Crippen LogP contribution in [0.15, 0.2) is 71.6 Å². The van der Waals surface area contributed by atoms with E-state index in [-0.39, 0.29) is 54.0 Å². The SMILES string of the molecule is COc1cccc(O)c1C1C2=CCC3C(=O)N(Cc4cccs4)C(=O)C3C2CC2(Cl)C(=O)N(c3ccc(F)cc3)C(=O)C12Cl. The Bertz CT molecular complexity index is 1760. The molecule has 1 N–H and O–H groups in total. The van der Waals surface area contributed by atoms with Crippen LogP contribution in [0.4, 0.5) is 10.1 Å². The Morgan fingerprint density at radius 3 is 2.43 bits per heavy atom. The van der Waals surface area contributed by atoms with E-state index in [9.17, 15) is 28.7 Å². The van der Waals surface area contributed by atoms with Gasteiger partial charge in [0.2, 0.25) is 11.8 Å². The quantitative estimate of drug-likeness (QED) is 0.226. The number of fused-ring (bicyclic) bond motifs is 4. The number of amides is 4. The number of hydrogen-bond donors (Lipinski definition) is 1. The van der Waals surface area contributed by atoms with Crippen molar-refractivity contribution in [3.63, 3.8) is 0 Å². The zero-order valence-electron chi connectivity index (χ0n) is 23.2. The number of nitrogens with zero attached hydrogens (tertiary/aromatic N) is 2. The normalized spacial score (nSPS) is 31.1. The molecule has 1 saturated carbocycles. The molecule has 226 valence electrons. The van der Waals surface area contributed by atoms with Crippen LogP contribution in [0, 0.1) is 23.6 Å². The van der Waals surface area contributed by atoms with E-state index in [1.54, 1.807) is 18.2 Å². The number of carbonyl (C=O) groups is 4. The summed E-state index contributed by atoms with van der Waals surface area (Å²) in [6, 6.07) is 13.0. The van der Waals surface area contributed by atoms with Crippen molar-refractivity contribution in [2.24, 2.45) is 17.8 Å². The summed E-state index contributed by atoms with van der Waals surface area (Å²) in [6.45, 7) is 0.127. The maximum absolute atomic E-state index is 14.4. The number of aromatic hydroxyl groups is 1. The number of benzene rings is 2. The first-order valence-electron chi connectivity index (χ1n) is 14.0. The van der Waals surface area contributed by atoms with Crippen molar-refractivity contribution in [2.75, 3.05) is 12.0 Å². The second kappa shape index (κ2) is 10.2. The van der Waals surface area contributed by atoms with Gasteiger partial charge in [-0.3, -0.25) is 24.1 Å². The zero-order valence-corrected chi connectivity index (χ0v) is 25.5. The number of phenols is 1. The minimum Gasteiger partial charge on any atom is -0.508 e. The molecule has 2 aliphatic carbocycles. The maximum atomic E-state index is 14.4. The van der Waals surface area contributed by atoms with Crippen LogP contribution in [0.1, 0.15) is 29.2 Å². The fourth-order valence-electron chi connectivity index (χ4n) is 7.50. The molecule has 6 unspecified atom stereocenters. The average Bonchev–Trinajstić information content (AvgIpc) is 3.65. The van der Waals surface area contributed by atoms with Gasteiger partial charge in [-0.15, -0.1) is 34.5 Å². The molecule has 3 heterocycles. The van der Waals surface area contributed by atoms with Gasteiger partial charge in [0.05, 0.1) is 31.2 Å². The molecule has 1 aromatic heterocycles. The van der Waals surface area contributed by atoms with E-state index in [2.05, 4.69) is 0 Å². The molecule has 4 aliphatic rings. The van der Waals surface area contributed by atoms with Crippen LogP contribution in [0.2, 0.25) is 0 Å².